The third-order valence-corrected chi connectivity index (χ3v) is 7.36. The number of fused-ring (bicyclic) bond motifs is 2. The number of allylic oxidation sites excluding steroid dienone is 2. The molecule has 3 heterocycles. The van der Waals surface area contributed by atoms with Crippen molar-refractivity contribution >= 4 is 15.6 Å². The molecule has 0 saturated carbocycles. The maximum Gasteiger partial charge on any atom is 0.213 e. The van der Waals surface area contributed by atoms with Crippen molar-refractivity contribution in [1.82, 2.24) is 29.3 Å². The van der Waals surface area contributed by atoms with Crippen LogP contribution in [0.15, 0.2) is 12.4 Å². The van der Waals surface area contributed by atoms with Gasteiger partial charge in [0.2, 0.25) is 10.0 Å². The standard InChI is InChI=1S/C17H17N7O2S/c1-2-27(25,26)23-8-17(9-23,5-6-18)24-21-13-7-11-3-4-12-14(11)16(15(13)22-24)20-10-19-12/h3,10H,2,4-5,7-9H2,1H3. The maximum atomic E-state index is 12.1. The van der Waals surface area contributed by atoms with Crippen molar-refractivity contribution in [1.29, 1.82) is 5.26 Å². The molecule has 5 rings (SSSR count). The molecule has 0 N–H and O–H groups in total. The molecule has 9 nitrogen and oxygen atoms in total. The molecule has 1 aliphatic heterocycles. The van der Waals surface area contributed by atoms with Gasteiger partial charge in [-0.3, -0.25) is 0 Å². The third kappa shape index (κ3) is 2.22. The van der Waals surface area contributed by atoms with Crippen LogP contribution in [0.2, 0.25) is 0 Å². The number of rotatable bonds is 4. The zero-order chi connectivity index (χ0) is 18.8. The van der Waals surface area contributed by atoms with E-state index in [2.05, 4.69) is 32.3 Å². The molecule has 10 heteroatoms. The van der Waals surface area contributed by atoms with Crippen LogP contribution in [-0.2, 0) is 28.4 Å². The lowest BCUT2D eigenvalue weighted by atomic mass is 9.90. The van der Waals surface area contributed by atoms with Crippen LogP contribution in [0.4, 0.5) is 0 Å². The summed E-state index contributed by atoms with van der Waals surface area (Å²) >= 11 is 0. The molecule has 0 amide bonds. The molecular formula is C17H17N7O2S. The highest BCUT2D eigenvalue weighted by Crippen LogP contribution is 2.42. The van der Waals surface area contributed by atoms with Crippen LogP contribution in [-0.4, -0.2) is 56.5 Å². The maximum absolute atomic E-state index is 12.1. The second kappa shape index (κ2) is 5.43. The Kier molecular flexibility index (Phi) is 3.33. The van der Waals surface area contributed by atoms with Gasteiger partial charge in [-0.1, -0.05) is 6.08 Å². The summed E-state index contributed by atoms with van der Waals surface area (Å²) in [6.45, 7) is 2.05. The van der Waals surface area contributed by atoms with Gasteiger partial charge in [0, 0.05) is 31.5 Å². The van der Waals surface area contributed by atoms with Gasteiger partial charge in [0.1, 0.15) is 23.3 Å². The van der Waals surface area contributed by atoms with E-state index in [1.165, 1.54) is 9.88 Å². The van der Waals surface area contributed by atoms with E-state index in [0.717, 1.165) is 29.1 Å². The normalized spacial score (nSPS) is 19.6. The predicted octanol–water partition coefficient (Wildman–Crippen LogP) is 0.505. The van der Waals surface area contributed by atoms with Gasteiger partial charge in [-0.2, -0.15) is 24.6 Å². The second-order valence-corrected chi connectivity index (χ2v) is 9.42. The fourth-order valence-corrected chi connectivity index (χ4v) is 5.29. The summed E-state index contributed by atoms with van der Waals surface area (Å²) < 4.78 is 25.6. The van der Waals surface area contributed by atoms with E-state index in [-0.39, 0.29) is 25.3 Å². The number of hydrogen-bond acceptors (Lipinski definition) is 7. The molecule has 0 bridgehead atoms. The molecule has 138 valence electrons. The van der Waals surface area contributed by atoms with Crippen LogP contribution in [0.5, 0.6) is 0 Å². The summed E-state index contributed by atoms with van der Waals surface area (Å²) in [6, 6.07) is 2.17. The van der Waals surface area contributed by atoms with Crippen molar-refractivity contribution < 1.29 is 8.42 Å². The molecule has 2 aromatic rings. The zero-order valence-corrected chi connectivity index (χ0v) is 15.6. The van der Waals surface area contributed by atoms with Gasteiger partial charge in [0.15, 0.2) is 0 Å². The number of aromatic nitrogens is 5. The highest BCUT2D eigenvalue weighted by molar-refractivity contribution is 7.89. The largest absolute Gasteiger partial charge is 0.240 e. The fraction of sp³-hybridized carbons (Fsp3) is 0.471. The van der Waals surface area contributed by atoms with Crippen molar-refractivity contribution in [2.24, 2.45) is 0 Å². The van der Waals surface area contributed by atoms with Crippen LogP contribution in [0, 0.1) is 11.3 Å². The Morgan fingerprint density at radius 3 is 2.78 bits per heavy atom. The van der Waals surface area contributed by atoms with Gasteiger partial charge in [0.05, 0.1) is 29.6 Å². The average Bonchev–Trinajstić information content (AvgIpc) is 3.24. The van der Waals surface area contributed by atoms with Gasteiger partial charge < -0.3 is 0 Å². The zero-order valence-electron chi connectivity index (χ0n) is 14.8. The Hall–Kier alpha value is -2.64. The first-order valence-electron chi connectivity index (χ1n) is 8.82. The number of nitriles is 1. The molecule has 0 atom stereocenters. The van der Waals surface area contributed by atoms with E-state index in [1.807, 2.05) is 0 Å². The van der Waals surface area contributed by atoms with Gasteiger partial charge in [-0.05, 0) is 12.5 Å². The Bertz CT molecular complexity index is 1140. The molecule has 2 aromatic heterocycles. The monoisotopic (exact) mass is 383 g/mol. The summed E-state index contributed by atoms with van der Waals surface area (Å²) in [5, 5.41) is 18.6. The summed E-state index contributed by atoms with van der Waals surface area (Å²) in [5.41, 5.74) is 4.80. The molecule has 0 radical (unpaired) electrons. The second-order valence-electron chi connectivity index (χ2n) is 7.17. The minimum absolute atomic E-state index is 0.0416. The molecule has 3 aliphatic rings. The van der Waals surface area contributed by atoms with Crippen molar-refractivity contribution in [3.8, 4) is 17.5 Å². The lowest BCUT2D eigenvalue weighted by molar-refractivity contribution is 0.0572. The minimum Gasteiger partial charge on any atom is -0.240 e. The summed E-state index contributed by atoms with van der Waals surface area (Å²) in [6.07, 6.45) is 5.30. The van der Waals surface area contributed by atoms with Gasteiger partial charge >= 0.3 is 0 Å². The smallest absolute Gasteiger partial charge is 0.213 e. The fourth-order valence-electron chi connectivity index (χ4n) is 4.05. The van der Waals surface area contributed by atoms with Crippen LogP contribution in [0.1, 0.15) is 30.3 Å². The van der Waals surface area contributed by atoms with E-state index in [4.69, 9.17) is 0 Å². The topological polar surface area (TPSA) is 118 Å². The van der Waals surface area contributed by atoms with Crippen LogP contribution >= 0.6 is 0 Å². The van der Waals surface area contributed by atoms with E-state index in [0.29, 0.717) is 12.1 Å². The molecule has 2 aliphatic carbocycles. The Morgan fingerprint density at radius 2 is 2.04 bits per heavy atom. The molecule has 0 aromatic carbocycles. The Balaban J connectivity index is 1.56. The number of nitrogens with zero attached hydrogens (tertiary/aromatic N) is 7. The first kappa shape index (κ1) is 16.5. The minimum atomic E-state index is -3.29. The van der Waals surface area contributed by atoms with Crippen molar-refractivity contribution in [3.63, 3.8) is 0 Å². The van der Waals surface area contributed by atoms with Crippen LogP contribution < -0.4 is 0 Å². The molecule has 27 heavy (non-hydrogen) atoms. The first-order valence-corrected chi connectivity index (χ1v) is 10.4. The van der Waals surface area contributed by atoms with Crippen LogP contribution in [0.25, 0.3) is 17.0 Å². The van der Waals surface area contributed by atoms with E-state index >= 15 is 0 Å². The van der Waals surface area contributed by atoms with E-state index in [9.17, 15) is 13.7 Å². The van der Waals surface area contributed by atoms with Gasteiger partial charge in [0.25, 0.3) is 0 Å². The number of hydrogen-bond donors (Lipinski definition) is 0. The average molecular weight is 383 g/mol. The molecule has 0 unspecified atom stereocenters. The summed E-state index contributed by atoms with van der Waals surface area (Å²) in [5.74, 6) is 0.0416. The van der Waals surface area contributed by atoms with E-state index in [1.54, 1.807) is 18.0 Å². The van der Waals surface area contributed by atoms with Gasteiger partial charge in [-0.25, -0.2) is 18.4 Å². The first-order chi connectivity index (χ1) is 13.0. The summed E-state index contributed by atoms with van der Waals surface area (Å²) in [7, 11) is -3.29. The molecule has 1 saturated heterocycles. The lowest BCUT2D eigenvalue weighted by Crippen LogP contribution is -2.64. The quantitative estimate of drug-likeness (QED) is 0.754. The Morgan fingerprint density at radius 1 is 1.22 bits per heavy atom. The predicted molar refractivity (Wildman–Crippen MR) is 95.7 cm³/mol. The van der Waals surface area contributed by atoms with Gasteiger partial charge in [-0.15, -0.1) is 0 Å². The van der Waals surface area contributed by atoms with Crippen LogP contribution in [0.3, 0.4) is 0 Å². The number of sulfonamides is 1. The Labute approximate surface area is 156 Å². The third-order valence-electron chi connectivity index (χ3n) is 5.59. The molecular weight excluding hydrogens is 366 g/mol. The van der Waals surface area contributed by atoms with E-state index < -0.39 is 15.6 Å². The molecule has 0 spiro atoms. The summed E-state index contributed by atoms with van der Waals surface area (Å²) in [4.78, 5) is 10.3. The molecule has 1 fully saturated rings. The lowest BCUT2D eigenvalue weighted by Gasteiger charge is -2.46. The SMILES string of the molecule is CCS(=O)(=O)N1CC(CC#N)(n2nc3c(n2)-c2ncnc4c2C(=CC4)C3)C1. The van der Waals surface area contributed by atoms with Crippen molar-refractivity contribution in [2.75, 3.05) is 18.8 Å². The highest BCUT2D eigenvalue weighted by atomic mass is 32.2. The van der Waals surface area contributed by atoms with Crippen molar-refractivity contribution in [3.05, 3.63) is 29.4 Å². The van der Waals surface area contributed by atoms with Crippen molar-refractivity contribution in [2.45, 2.75) is 31.7 Å². The highest BCUT2D eigenvalue weighted by Gasteiger charge is 2.51.